The Hall–Kier alpha value is -3.83. The number of benzene rings is 2. The molecule has 6 rings (SSSR count). The molecule has 0 aromatic heterocycles. The average Bonchev–Trinajstić information content (AvgIpc) is 3.29. The number of rotatable bonds is 6. The van der Waals surface area contributed by atoms with E-state index in [1.165, 1.54) is 24.3 Å². The van der Waals surface area contributed by atoms with Crippen molar-refractivity contribution in [3.63, 3.8) is 0 Å². The standard InChI is InChI=1S/C30H24Cl2F2N2O7/c31-29-13-19-16(10-11-17-22(19)26(41)35(25(17)40)12-2-5-21(37)38)23(18-3-1-4-20(34)24(18)39)30(29,32)28(43)36(27(29)42)15-8-6-14(33)7-9-15/h1,3-4,6-10,17,19,22-23,39H,2,5,11-13H2,(H,37,38). The number of carboxylic acids is 1. The molecule has 2 aliphatic heterocycles. The van der Waals surface area contributed by atoms with E-state index in [0.29, 0.717) is 5.57 Å². The fourth-order valence-electron chi connectivity index (χ4n) is 7.18. The lowest BCUT2D eigenvalue weighted by Gasteiger charge is -2.50. The summed E-state index contributed by atoms with van der Waals surface area (Å²) in [7, 11) is 0. The van der Waals surface area contributed by atoms with E-state index in [2.05, 4.69) is 0 Å². The van der Waals surface area contributed by atoms with Crippen LogP contribution in [0.2, 0.25) is 0 Å². The summed E-state index contributed by atoms with van der Waals surface area (Å²) in [5, 5.41) is 19.9. The van der Waals surface area contributed by atoms with Gasteiger partial charge in [0.15, 0.2) is 21.3 Å². The second-order valence-corrected chi connectivity index (χ2v) is 12.5. The fourth-order valence-corrected chi connectivity index (χ4v) is 8.11. The van der Waals surface area contributed by atoms with Crippen LogP contribution in [0.25, 0.3) is 0 Å². The van der Waals surface area contributed by atoms with Crippen LogP contribution in [0.4, 0.5) is 14.5 Å². The van der Waals surface area contributed by atoms with Crippen LogP contribution in [0.15, 0.2) is 54.1 Å². The zero-order chi connectivity index (χ0) is 31.0. The summed E-state index contributed by atoms with van der Waals surface area (Å²) < 4.78 is 28.5. The highest BCUT2D eigenvalue weighted by molar-refractivity contribution is 6.58. The third kappa shape index (κ3) is 4.04. The lowest BCUT2D eigenvalue weighted by atomic mass is 9.56. The number of imide groups is 2. The average molecular weight is 633 g/mol. The smallest absolute Gasteiger partial charge is 0.303 e. The maximum atomic E-state index is 14.7. The summed E-state index contributed by atoms with van der Waals surface area (Å²) in [6.07, 6.45) is 1.12. The topological polar surface area (TPSA) is 132 Å². The predicted molar refractivity (Wildman–Crippen MR) is 148 cm³/mol. The number of hydrogen-bond donors (Lipinski definition) is 2. The number of fused-ring (bicyclic) bond motifs is 4. The van der Waals surface area contributed by atoms with Crippen molar-refractivity contribution in [2.45, 2.75) is 41.3 Å². The number of aromatic hydroxyl groups is 1. The molecule has 9 nitrogen and oxygen atoms in total. The first-order chi connectivity index (χ1) is 20.3. The number of allylic oxidation sites excluding steroid dienone is 2. The number of likely N-dealkylation sites (tertiary alicyclic amines) is 1. The Morgan fingerprint density at radius 2 is 1.67 bits per heavy atom. The van der Waals surface area contributed by atoms with Crippen LogP contribution in [0.5, 0.6) is 5.75 Å². The van der Waals surface area contributed by atoms with Crippen LogP contribution in [0.1, 0.15) is 37.2 Å². The molecule has 2 saturated heterocycles. The van der Waals surface area contributed by atoms with E-state index in [0.717, 1.165) is 28.0 Å². The predicted octanol–water partition coefficient (Wildman–Crippen LogP) is 4.10. The SMILES string of the molecule is O=C(O)CCCN1C(=O)C2CC=C3C(CC4(Cl)C(=O)N(c5ccc(F)cc5)C(=O)C4(Cl)C3c3cccc(F)c3O)C2C1=O. The Kier molecular flexibility index (Phi) is 6.89. The van der Waals surface area contributed by atoms with Gasteiger partial charge in [0.1, 0.15) is 5.82 Å². The molecule has 0 radical (unpaired) electrons. The highest BCUT2D eigenvalue weighted by Crippen LogP contribution is 2.66. The number of hydrogen-bond acceptors (Lipinski definition) is 6. The third-order valence-electron chi connectivity index (χ3n) is 9.09. The Labute approximate surface area is 253 Å². The van der Waals surface area contributed by atoms with Gasteiger partial charge in [0.25, 0.3) is 11.8 Å². The maximum absolute atomic E-state index is 14.7. The van der Waals surface area contributed by atoms with E-state index >= 15 is 0 Å². The number of alkyl halides is 2. The van der Waals surface area contributed by atoms with Gasteiger partial charge in [-0.2, -0.15) is 0 Å². The number of aliphatic carboxylic acids is 1. The molecular weight excluding hydrogens is 609 g/mol. The zero-order valence-corrected chi connectivity index (χ0v) is 23.8. The van der Waals surface area contributed by atoms with Crippen molar-refractivity contribution < 1.29 is 43.0 Å². The molecule has 4 aliphatic rings. The molecule has 2 aliphatic carbocycles. The number of halogens is 4. The maximum Gasteiger partial charge on any atom is 0.303 e. The minimum Gasteiger partial charge on any atom is -0.505 e. The summed E-state index contributed by atoms with van der Waals surface area (Å²) in [5.41, 5.74) is 0.204. The molecule has 2 aromatic carbocycles. The lowest BCUT2D eigenvalue weighted by Crippen LogP contribution is -2.60. The first kappa shape index (κ1) is 29.3. The van der Waals surface area contributed by atoms with Crippen LogP contribution in [0.3, 0.4) is 0 Å². The van der Waals surface area contributed by atoms with Crippen LogP contribution in [-0.2, 0) is 24.0 Å². The molecule has 0 spiro atoms. The Morgan fingerprint density at radius 1 is 0.977 bits per heavy atom. The van der Waals surface area contributed by atoms with Gasteiger partial charge in [0.05, 0.1) is 17.5 Å². The molecule has 3 fully saturated rings. The number of carboxylic acid groups (broad SMARTS) is 1. The van der Waals surface area contributed by atoms with Crippen molar-refractivity contribution in [1.29, 1.82) is 0 Å². The highest BCUT2D eigenvalue weighted by Gasteiger charge is 2.76. The van der Waals surface area contributed by atoms with Crippen LogP contribution in [-0.4, -0.2) is 61.0 Å². The van der Waals surface area contributed by atoms with Crippen molar-refractivity contribution >= 4 is 58.5 Å². The molecular formula is C30H24Cl2F2N2O7. The molecule has 224 valence electrons. The number of para-hydroxylation sites is 1. The van der Waals surface area contributed by atoms with Gasteiger partial charge < -0.3 is 10.2 Å². The van der Waals surface area contributed by atoms with E-state index in [-0.39, 0.29) is 43.5 Å². The normalized spacial score (nSPS) is 31.6. The van der Waals surface area contributed by atoms with Gasteiger partial charge >= 0.3 is 5.97 Å². The number of carbonyl (C=O) groups is 5. The van der Waals surface area contributed by atoms with E-state index in [1.54, 1.807) is 6.08 Å². The van der Waals surface area contributed by atoms with Crippen molar-refractivity contribution in [2.75, 3.05) is 11.4 Å². The Bertz CT molecular complexity index is 1630. The molecule has 2 aromatic rings. The monoisotopic (exact) mass is 632 g/mol. The molecule has 2 N–H and O–H groups in total. The number of phenols is 1. The van der Waals surface area contributed by atoms with Gasteiger partial charge in [-0.05, 0) is 55.5 Å². The fraction of sp³-hybridized carbons (Fsp3) is 0.367. The molecule has 6 atom stereocenters. The van der Waals surface area contributed by atoms with Gasteiger partial charge in [0.2, 0.25) is 11.8 Å². The number of anilines is 1. The van der Waals surface area contributed by atoms with Crippen molar-refractivity contribution in [3.05, 3.63) is 71.3 Å². The van der Waals surface area contributed by atoms with Gasteiger partial charge in [-0.1, -0.05) is 23.8 Å². The van der Waals surface area contributed by atoms with Crippen molar-refractivity contribution in [1.82, 2.24) is 4.90 Å². The number of nitrogens with zero attached hydrogens (tertiary/aromatic N) is 2. The van der Waals surface area contributed by atoms with E-state index in [4.69, 9.17) is 28.3 Å². The summed E-state index contributed by atoms with van der Waals surface area (Å²) in [6, 6.07) is 8.14. The third-order valence-corrected chi connectivity index (χ3v) is 10.5. The number of amides is 4. The second-order valence-electron chi connectivity index (χ2n) is 11.3. The second kappa shape index (κ2) is 10.1. The summed E-state index contributed by atoms with van der Waals surface area (Å²) in [6.45, 7) is -0.117. The lowest BCUT2D eigenvalue weighted by molar-refractivity contribution is -0.142. The minimum atomic E-state index is -2.31. The summed E-state index contributed by atoms with van der Waals surface area (Å²) in [4.78, 5) is 63.6. The summed E-state index contributed by atoms with van der Waals surface area (Å²) >= 11 is 14.3. The van der Waals surface area contributed by atoms with Crippen molar-refractivity contribution in [3.8, 4) is 5.75 Å². The largest absolute Gasteiger partial charge is 0.505 e. The Balaban J connectivity index is 1.50. The molecule has 1 saturated carbocycles. The van der Waals surface area contributed by atoms with Gasteiger partial charge in [-0.3, -0.25) is 28.9 Å². The van der Waals surface area contributed by atoms with Crippen LogP contribution < -0.4 is 4.90 Å². The quantitative estimate of drug-likeness (QED) is 0.278. The summed E-state index contributed by atoms with van der Waals surface area (Å²) in [5.74, 6) is -10.7. The van der Waals surface area contributed by atoms with Crippen LogP contribution >= 0.6 is 23.2 Å². The first-order valence-corrected chi connectivity index (χ1v) is 14.3. The molecule has 43 heavy (non-hydrogen) atoms. The van der Waals surface area contributed by atoms with Crippen molar-refractivity contribution in [2.24, 2.45) is 17.8 Å². The number of phenolic OH excluding ortho intramolecular Hbond substituents is 1. The minimum absolute atomic E-state index is 0.0142. The molecule has 4 amide bonds. The van der Waals surface area contributed by atoms with E-state index in [1.807, 2.05) is 0 Å². The van der Waals surface area contributed by atoms with Gasteiger partial charge in [-0.15, -0.1) is 23.2 Å². The van der Waals surface area contributed by atoms with E-state index < -0.39 is 80.4 Å². The first-order valence-electron chi connectivity index (χ1n) is 13.6. The molecule has 6 unspecified atom stereocenters. The van der Waals surface area contributed by atoms with Crippen LogP contribution in [0, 0.1) is 29.4 Å². The van der Waals surface area contributed by atoms with Gasteiger partial charge in [-0.25, -0.2) is 13.7 Å². The zero-order valence-electron chi connectivity index (χ0n) is 22.3. The van der Waals surface area contributed by atoms with E-state index in [9.17, 15) is 37.9 Å². The van der Waals surface area contributed by atoms with Gasteiger partial charge in [0, 0.05) is 24.4 Å². The Morgan fingerprint density at radius 3 is 2.35 bits per heavy atom. The number of carbonyl (C=O) groups excluding carboxylic acids is 4. The molecule has 13 heteroatoms. The molecule has 2 heterocycles. The highest BCUT2D eigenvalue weighted by atomic mass is 35.5. The molecule has 0 bridgehead atoms.